The largest absolute Gasteiger partial charge is 0.456 e. The molecule has 0 radical (unpaired) electrons. The zero-order chi connectivity index (χ0) is 43.3. The predicted octanol–water partition coefficient (Wildman–Crippen LogP) is 16.3. The lowest BCUT2D eigenvalue weighted by atomic mass is 9.93. The molecule has 0 aliphatic rings. The van der Waals surface area contributed by atoms with Crippen LogP contribution in [0.4, 0.5) is 0 Å². The van der Waals surface area contributed by atoms with Gasteiger partial charge in [0.1, 0.15) is 28.2 Å². The fourth-order valence-corrected chi connectivity index (χ4v) is 11.2. The molecule has 0 saturated heterocycles. The fraction of sp³-hybridized carbons (Fsp3) is 0.0175. The van der Waals surface area contributed by atoms with E-state index in [9.17, 15) is 0 Å². The van der Waals surface area contributed by atoms with E-state index in [4.69, 9.17) is 25.0 Å². The van der Waals surface area contributed by atoms with Crippen LogP contribution < -0.4 is 5.73 Å². The molecule has 0 fully saturated rings. The summed E-state index contributed by atoms with van der Waals surface area (Å²) in [7, 11) is 0. The number of amidine groups is 1. The number of hydrogen-bond acceptors (Lipinski definition) is 6. The van der Waals surface area contributed by atoms with Crippen LogP contribution >= 0.6 is 22.7 Å². The highest BCUT2D eigenvalue weighted by Gasteiger charge is 2.19. The Morgan fingerprint density at radius 3 is 2.09 bits per heavy atom. The summed E-state index contributed by atoms with van der Waals surface area (Å²) in [6, 6.07) is 56.7. The molecule has 0 unspecified atom stereocenters. The highest BCUT2D eigenvalue weighted by molar-refractivity contribution is 7.26. The molecular formula is C57H39N3O2S2. The summed E-state index contributed by atoms with van der Waals surface area (Å²) in [5.74, 6) is 0.121. The van der Waals surface area contributed by atoms with Crippen LogP contribution in [0.2, 0.25) is 0 Å². The number of benzene rings is 8. The highest BCUT2D eigenvalue weighted by atomic mass is 32.1. The van der Waals surface area contributed by atoms with Gasteiger partial charge in [0.2, 0.25) is 0 Å². The van der Waals surface area contributed by atoms with Gasteiger partial charge in [-0.05, 0) is 75.8 Å². The molecule has 0 amide bonds. The summed E-state index contributed by atoms with van der Waals surface area (Å²) in [6.45, 7) is 8.66. The van der Waals surface area contributed by atoms with Crippen LogP contribution in [0, 0.1) is 5.41 Å². The number of nitrogens with zero attached hydrogens (tertiary/aromatic N) is 1. The minimum atomic E-state index is 0.121. The van der Waals surface area contributed by atoms with E-state index in [0.717, 1.165) is 76.6 Å². The minimum Gasteiger partial charge on any atom is -0.456 e. The van der Waals surface area contributed by atoms with Crippen molar-refractivity contribution in [1.29, 1.82) is 5.41 Å². The predicted molar refractivity (Wildman–Crippen MR) is 276 cm³/mol. The van der Waals surface area contributed by atoms with Gasteiger partial charge in [-0.15, -0.1) is 22.7 Å². The lowest BCUT2D eigenvalue weighted by Crippen LogP contribution is -2.10. The Morgan fingerprint density at radius 2 is 1.27 bits per heavy atom. The van der Waals surface area contributed by atoms with E-state index in [1.807, 2.05) is 90.4 Å². The molecule has 0 aliphatic carbocycles. The summed E-state index contributed by atoms with van der Waals surface area (Å²) >= 11 is 3.63. The first-order chi connectivity index (χ1) is 31.4. The Balaban J connectivity index is 0.000000455. The molecule has 7 heteroatoms. The van der Waals surface area contributed by atoms with Gasteiger partial charge in [0.05, 0.1) is 6.54 Å². The number of thiophene rings is 2. The van der Waals surface area contributed by atoms with Gasteiger partial charge in [-0.25, -0.2) is 0 Å². The fourth-order valence-electron chi connectivity index (χ4n) is 8.83. The number of nitrogens with one attached hydrogen (secondary N) is 1. The summed E-state index contributed by atoms with van der Waals surface area (Å²) in [5.41, 5.74) is 17.6. The van der Waals surface area contributed by atoms with Crippen LogP contribution in [0.3, 0.4) is 0 Å². The van der Waals surface area contributed by atoms with Gasteiger partial charge in [-0.2, -0.15) is 0 Å². The monoisotopic (exact) mass is 861 g/mol. The Labute approximate surface area is 376 Å². The smallest absolute Gasteiger partial charge is 0.136 e. The van der Waals surface area contributed by atoms with E-state index in [2.05, 4.69) is 116 Å². The molecular weight excluding hydrogens is 823 g/mol. The second-order valence-electron chi connectivity index (χ2n) is 15.7. The molecule has 306 valence electrons. The average Bonchev–Trinajstić information content (AvgIpc) is 4.11. The van der Waals surface area contributed by atoms with E-state index in [-0.39, 0.29) is 5.84 Å². The number of fused-ring (bicyclic) bond motifs is 10. The molecule has 5 nitrogen and oxygen atoms in total. The minimum absolute atomic E-state index is 0.121. The highest BCUT2D eigenvalue weighted by Crippen LogP contribution is 2.47. The number of nitrogen functional groups attached to an aromatic ring is 1. The summed E-state index contributed by atoms with van der Waals surface area (Å²) < 4.78 is 16.4. The number of para-hydroxylation sites is 1. The molecule has 0 bridgehead atoms. The molecule has 8 aromatic carbocycles. The molecule has 0 saturated carbocycles. The molecule has 0 atom stereocenters. The Bertz CT molecular complexity index is 3840. The first kappa shape index (κ1) is 39.0. The van der Waals surface area contributed by atoms with E-state index in [0.29, 0.717) is 6.54 Å². The standard InChI is InChI=1S/C50H31NO2S2.C7H8N2/c1-3-33-38-20-17-31(26-47(38)54-45(33)4-2)35-22-21-34(49-39-12-6-8-15-46(39)55-50(35)49)30-18-23-42-40(25-30)48-32(10-9-14-43(48)52-42)28-51-27-29-16-19-37-36-11-5-7-13-41(36)53-44(37)24-29;8-7(9)6-4-2-1-3-5-6/h3-26,28H,1-2,27H2;1-5H,(H3,8,9). The summed E-state index contributed by atoms with van der Waals surface area (Å²) in [6.07, 6.45) is 5.85. The molecule has 4 aromatic heterocycles. The van der Waals surface area contributed by atoms with E-state index >= 15 is 0 Å². The summed E-state index contributed by atoms with van der Waals surface area (Å²) in [5, 5.41) is 15.2. The van der Waals surface area contributed by atoms with Gasteiger partial charge in [-0.3, -0.25) is 10.4 Å². The van der Waals surface area contributed by atoms with Crippen LogP contribution in [0.5, 0.6) is 0 Å². The van der Waals surface area contributed by atoms with Gasteiger partial charge >= 0.3 is 0 Å². The molecule has 12 aromatic rings. The third-order valence-corrected chi connectivity index (χ3v) is 14.2. The van der Waals surface area contributed by atoms with Crippen molar-refractivity contribution in [3.05, 3.63) is 204 Å². The first-order valence-electron chi connectivity index (χ1n) is 21.0. The Kier molecular flexibility index (Phi) is 9.84. The SMILES string of the molecule is C=Cc1sc2cc(-c3ccc(-c4ccc5oc6cccc(C=NCc7ccc8c(c7)oc7ccccc78)c6c5c4)c4c3sc3ccccc34)ccc2c1C=C.N=C(N)c1ccccc1. The van der Waals surface area contributed by atoms with Crippen molar-refractivity contribution in [2.45, 2.75) is 6.54 Å². The number of hydrogen-bond donors (Lipinski definition) is 2. The molecule has 12 rings (SSSR count). The Hall–Kier alpha value is -7.84. The maximum Gasteiger partial charge on any atom is 0.136 e. The van der Waals surface area contributed by atoms with Gasteiger partial charge in [0, 0.05) is 74.0 Å². The molecule has 3 N–H and O–H groups in total. The van der Waals surface area contributed by atoms with E-state index in [1.54, 1.807) is 11.3 Å². The molecule has 0 spiro atoms. The van der Waals surface area contributed by atoms with Crippen LogP contribution in [-0.2, 0) is 6.54 Å². The lowest BCUT2D eigenvalue weighted by Gasteiger charge is -2.10. The van der Waals surface area contributed by atoms with Gasteiger partial charge in [-0.1, -0.05) is 147 Å². The molecule has 0 aliphatic heterocycles. The lowest BCUT2D eigenvalue weighted by molar-refractivity contribution is 0.668. The van der Waals surface area contributed by atoms with Crippen molar-refractivity contribution in [2.75, 3.05) is 0 Å². The van der Waals surface area contributed by atoms with Gasteiger partial charge in [0.15, 0.2) is 0 Å². The molecule has 64 heavy (non-hydrogen) atoms. The maximum atomic E-state index is 7.01. The summed E-state index contributed by atoms with van der Waals surface area (Å²) in [4.78, 5) is 6.07. The van der Waals surface area contributed by atoms with E-state index in [1.165, 1.54) is 46.9 Å². The van der Waals surface area contributed by atoms with Crippen molar-refractivity contribution in [2.24, 2.45) is 10.7 Å². The maximum absolute atomic E-state index is 7.01. The zero-order valence-corrected chi connectivity index (χ0v) is 36.2. The zero-order valence-electron chi connectivity index (χ0n) is 34.6. The van der Waals surface area contributed by atoms with Crippen molar-refractivity contribution in [3.63, 3.8) is 0 Å². The van der Waals surface area contributed by atoms with Crippen LogP contribution in [-0.4, -0.2) is 12.1 Å². The quantitative estimate of drug-likeness (QED) is 0.118. The number of aliphatic imine (C=N–C) groups is 1. The van der Waals surface area contributed by atoms with Gasteiger partial charge < -0.3 is 14.6 Å². The van der Waals surface area contributed by atoms with Crippen LogP contribution in [0.25, 0.3) is 109 Å². The average molecular weight is 862 g/mol. The third-order valence-electron chi connectivity index (χ3n) is 11.9. The van der Waals surface area contributed by atoms with Crippen molar-refractivity contribution >= 4 is 121 Å². The van der Waals surface area contributed by atoms with Crippen molar-refractivity contribution in [1.82, 2.24) is 0 Å². The number of nitrogens with two attached hydrogens (primary N) is 1. The first-order valence-corrected chi connectivity index (χ1v) is 22.6. The van der Waals surface area contributed by atoms with Gasteiger partial charge in [0.25, 0.3) is 0 Å². The normalized spacial score (nSPS) is 11.7. The second-order valence-corrected chi connectivity index (χ2v) is 17.8. The van der Waals surface area contributed by atoms with Crippen LogP contribution in [0.1, 0.15) is 27.1 Å². The second kappa shape index (κ2) is 16.1. The number of furan rings is 2. The number of rotatable bonds is 8. The van der Waals surface area contributed by atoms with Crippen molar-refractivity contribution < 1.29 is 8.83 Å². The van der Waals surface area contributed by atoms with Crippen molar-refractivity contribution in [3.8, 4) is 22.3 Å². The third kappa shape index (κ3) is 6.79. The molecule has 4 heterocycles. The Morgan fingerprint density at radius 1 is 0.562 bits per heavy atom. The van der Waals surface area contributed by atoms with Crippen LogP contribution in [0.15, 0.2) is 191 Å². The van der Waals surface area contributed by atoms with E-state index < -0.39 is 0 Å². The topological polar surface area (TPSA) is 88.5 Å².